The fourth-order valence-electron chi connectivity index (χ4n) is 1.57. The minimum absolute atomic E-state index is 0.0392. The summed E-state index contributed by atoms with van der Waals surface area (Å²) in [5.74, 6) is -1.22. The number of carbonyl (C=O) groups excluding carboxylic acids is 1. The Morgan fingerprint density at radius 2 is 1.90 bits per heavy atom. The lowest BCUT2D eigenvalue weighted by Crippen LogP contribution is -2.46. The van der Waals surface area contributed by atoms with Gasteiger partial charge in [0.25, 0.3) is 0 Å². The van der Waals surface area contributed by atoms with Crippen molar-refractivity contribution in [2.45, 2.75) is 32.7 Å². The number of nitrogens with one attached hydrogen (secondary N) is 1. The van der Waals surface area contributed by atoms with Crippen LogP contribution in [0.15, 0.2) is 12.1 Å². The molecule has 21 heavy (non-hydrogen) atoms. The zero-order chi connectivity index (χ0) is 16.4. The summed E-state index contributed by atoms with van der Waals surface area (Å²) < 4.78 is 0. The molecule has 1 aromatic rings. The highest BCUT2D eigenvalue weighted by Gasteiger charge is 2.27. The molecule has 0 fully saturated rings. The highest BCUT2D eigenvalue weighted by atomic mass is 35.5. The van der Waals surface area contributed by atoms with Gasteiger partial charge in [-0.3, -0.25) is 0 Å². The predicted molar refractivity (Wildman–Crippen MR) is 84.6 cm³/mol. The number of carbonyl (C=O) groups is 2. The van der Waals surface area contributed by atoms with Crippen molar-refractivity contribution in [1.29, 1.82) is 0 Å². The molecule has 1 rings (SSSR count). The van der Waals surface area contributed by atoms with Gasteiger partial charge in [-0.25, -0.2) is 9.59 Å². The molecule has 0 aromatic heterocycles. The molecule has 0 spiro atoms. The molecule has 0 aliphatic heterocycles. The molecule has 5 nitrogen and oxygen atoms in total. The molecule has 2 N–H and O–H groups in total. The average molecular weight is 333 g/mol. The number of urea groups is 1. The number of hydrogen-bond donors (Lipinski definition) is 2. The van der Waals surface area contributed by atoms with E-state index >= 15 is 0 Å². The third-order valence-electron chi connectivity index (χ3n) is 3.60. The average Bonchev–Trinajstić information content (AvgIpc) is 2.40. The molecule has 0 saturated carbocycles. The van der Waals surface area contributed by atoms with Crippen molar-refractivity contribution < 1.29 is 14.7 Å². The Bertz CT molecular complexity index is 574. The van der Waals surface area contributed by atoms with Gasteiger partial charge < -0.3 is 15.3 Å². The maximum Gasteiger partial charge on any atom is 0.337 e. The fourth-order valence-corrected chi connectivity index (χ4v) is 2.11. The van der Waals surface area contributed by atoms with E-state index in [0.717, 1.165) is 6.42 Å². The molecule has 0 heterocycles. The van der Waals surface area contributed by atoms with Crippen molar-refractivity contribution in [1.82, 2.24) is 4.90 Å². The molecular formula is C14H18Cl2N2O3. The van der Waals surface area contributed by atoms with Gasteiger partial charge in [0, 0.05) is 17.6 Å². The van der Waals surface area contributed by atoms with Crippen LogP contribution in [0.2, 0.25) is 10.0 Å². The Morgan fingerprint density at radius 3 is 2.38 bits per heavy atom. The van der Waals surface area contributed by atoms with Crippen LogP contribution in [0.5, 0.6) is 0 Å². The third-order valence-corrected chi connectivity index (χ3v) is 4.11. The fraction of sp³-hybridized carbons (Fsp3) is 0.429. The van der Waals surface area contributed by atoms with Crippen LogP contribution in [-0.2, 0) is 0 Å². The maximum atomic E-state index is 12.3. The first-order valence-corrected chi connectivity index (χ1v) is 7.13. The van der Waals surface area contributed by atoms with E-state index in [1.165, 1.54) is 17.0 Å². The van der Waals surface area contributed by atoms with Crippen molar-refractivity contribution in [3.63, 3.8) is 0 Å². The second-order valence-corrected chi connectivity index (χ2v) is 6.11. The maximum absolute atomic E-state index is 12.3. The number of carboxylic acid groups (broad SMARTS) is 1. The summed E-state index contributed by atoms with van der Waals surface area (Å²) in [7, 11) is 1.64. The second-order valence-electron chi connectivity index (χ2n) is 5.27. The molecular weight excluding hydrogens is 315 g/mol. The molecule has 0 atom stereocenters. The summed E-state index contributed by atoms with van der Waals surface area (Å²) in [6.45, 7) is 5.78. The van der Waals surface area contributed by atoms with Crippen LogP contribution in [0.4, 0.5) is 10.5 Å². The number of carboxylic acids is 1. The number of benzene rings is 1. The molecule has 0 bridgehead atoms. The van der Waals surface area contributed by atoms with Gasteiger partial charge in [-0.2, -0.15) is 0 Å². The first kappa shape index (κ1) is 17.6. The van der Waals surface area contributed by atoms with Crippen LogP contribution >= 0.6 is 23.2 Å². The van der Waals surface area contributed by atoms with E-state index in [1.54, 1.807) is 7.05 Å². The van der Waals surface area contributed by atoms with E-state index in [-0.39, 0.29) is 26.8 Å². The molecule has 0 radical (unpaired) electrons. The number of aromatic carboxylic acids is 1. The van der Waals surface area contributed by atoms with Crippen molar-refractivity contribution in [3.05, 3.63) is 27.7 Å². The van der Waals surface area contributed by atoms with Crippen LogP contribution in [0, 0.1) is 0 Å². The lowest BCUT2D eigenvalue weighted by molar-refractivity contribution is 0.0698. The quantitative estimate of drug-likeness (QED) is 0.861. The molecule has 7 heteroatoms. The smallest absolute Gasteiger partial charge is 0.337 e. The lowest BCUT2D eigenvalue weighted by Gasteiger charge is -2.35. The van der Waals surface area contributed by atoms with E-state index in [1.807, 2.05) is 20.8 Å². The van der Waals surface area contributed by atoms with Crippen molar-refractivity contribution in [2.24, 2.45) is 0 Å². The van der Waals surface area contributed by atoms with Gasteiger partial charge >= 0.3 is 12.0 Å². The van der Waals surface area contributed by atoms with Crippen molar-refractivity contribution in [3.8, 4) is 0 Å². The Hall–Kier alpha value is -1.46. The Morgan fingerprint density at radius 1 is 1.33 bits per heavy atom. The highest BCUT2D eigenvalue weighted by molar-refractivity contribution is 6.37. The van der Waals surface area contributed by atoms with Crippen molar-refractivity contribution in [2.75, 3.05) is 12.4 Å². The van der Waals surface area contributed by atoms with E-state index in [0.29, 0.717) is 0 Å². The first-order chi connectivity index (χ1) is 9.60. The Labute approximate surface area is 133 Å². The SMILES string of the molecule is CCC(C)(C)N(C)C(=O)Nc1c(Cl)cc(Cl)cc1C(=O)O. The van der Waals surface area contributed by atoms with Crippen LogP contribution < -0.4 is 5.32 Å². The van der Waals surface area contributed by atoms with Gasteiger partial charge in [0.15, 0.2) is 0 Å². The standard InChI is InChI=1S/C14H18Cl2N2O3/c1-5-14(2,3)18(4)13(21)17-11-9(12(19)20)6-8(15)7-10(11)16/h6-7H,5H2,1-4H3,(H,17,21)(H,19,20). The molecule has 0 aliphatic rings. The molecule has 116 valence electrons. The van der Waals surface area contributed by atoms with E-state index in [2.05, 4.69) is 5.32 Å². The van der Waals surface area contributed by atoms with Gasteiger partial charge in [0.2, 0.25) is 0 Å². The normalized spacial score (nSPS) is 11.1. The predicted octanol–water partition coefficient (Wildman–Crippen LogP) is 4.34. The molecule has 2 amide bonds. The summed E-state index contributed by atoms with van der Waals surface area (Å²) in [6.07, 6.45) is 0.747. The summed E-state index contributed by atoms with van der Waals surface area (Å²) >= 11 is 11.8. The van der Waals surface area contributed by atoms with Gasteiger partial charge in [-0.15, -0.1) is 0 Å². The first-order valence-electron chi connectivity index (χ1n) is 6.37. The summed E-state index contributed by atoms with van der Waals surface area (Å²) in [5.41, 5.74) is -0.479. The molecule has 1 aromatic carbocycles. The van der Waals surface area contributed by atoms with Gasteiger partial charge in [0.1, 0.15) is 0 Å². The van der Waals surface area contributed by atoms with E-state index < -0.39 is 12.0 Å². The third kappa shape index (κ3) is 4.02. The largest absolute Gasteiger partial charge is 0.478 e. The number of nitrogens with zero attached hydrogens (tertiary/aromatic N) is 1. The molecule has 0 aliphatic carbocycles. The molecule has 0 saturated heterocycles. The second kappa shape index (κ2) is 6.54. The summed E-state index contributed by atoms with van der Waals surface area (Å²) in [4.78, 5) is 25.0. The Balaban J connectivity index is 3.14. The minimum Gasteiger partial charge on any atom is -0.478 e. The van der Waals surface area contributed by atoms with Crippen LogP contribution in [0.1, 0.15) is 37.6 Å². The minimum atomic E-state index is -1.22. The zero-order valence-electron chi connectivity index (χ0n) is 12.3. The van der Waals surface area contributed by atoms with Crippen LogP contribution in [0.3, 0.4) is 0 Å². The number of hydrogen-bond acceptors (Lipinski definition) is 2. The number of amides is 2. The van der Waals surface area contributed by atoms with Gasteiger partial charge in [0.05, 0.1) is 16.3 Å². The van der Waals surface area contributed by atoms with Crippen LogP contribution in [0.25, 0.3) is 0 Å². The summed E-state index contributed by atoms with van der Waals surface area (Å²) in [6, 6.07) is 2.19. The van der Waals surface area contributed by atoms with E-state index in [4.69, 9.17) is 23.2 Å². The zero-order valence-corrected chi connectivity index (χ0v) is 13.8. The molecule has 0 unspecified atom stereocenters. The monoisotopic (exact) mass is 332 g/mol. The van der Waals surface area contributed by atoms with Gasteiger partial charge in [-0.1, -0.05) is 30.1 Å². The number of halogens is 2. The van der Waals surface area contributed by atoms with E-state index in [9.17, 15) is 14.7 Å². The highest BCUT2D eigenvalue weighted by Crippen LogP contribution is 2.31. The number of rotatable bonds is 4. The van der Waals surface area contributed by atoms with Crippen molar-refractivity contribution >= 4 is 40.9 Å². The Kier molecular flexibility index (Phi) is 5.48. The van der Waals surface area contributed by atoms with Gasteiger partial charge in [-0.05, 0) is 32.4 Å². The topological polar surface area (TPSA) is 69.6 Å². The lowest BCUT2D eigenvalue weighted by atomic mass is 10.0. The summed E-state index contributed by atoms with van der Waals surface area (Å²) in [5, 5.41) is 12.0. The number of anilines is 1. The van der Waals surface area contributed by atoms with Crippen LogP contribution in [-0.4, -0.2) is 34.6 Å².